The van der Waals surface area contributed by atoms with Gasteiger partial charge in [0.15, 0.2) is 0 Å². The standard InChI is InChI=1S/C21H18F6N2O2/c1-2-29(13-18(30)28-17-9-4-3-8-16(17)21(25,26)27)19(31)11-10-14-6-5-7-15(12-14)20(22,23)24/h3-12H,2,13H2,1H3,(H,28,30)/b11-10+. The lowest BCUT2D eigenvalue weighted by molar-refractivity contribution is -0.138. The summed E-state index contributed by atoms with van der Waals surface area (Å²) in [6.45, 7) is 1.07. The zero-order chi connectivity index (χ0) is 23.2. The molecule has 2 amide bonds. The van der Waals surface area contributed by atoms with Crippen LogP contribution in [0.15, 0.2) is 54.6 Å². The third-order valence-corrected chi connectivity index (χ3v) is 4.17. The van der Waals surface area contributed by atoms with Crippen LogP contribution in [0.2, 0.25) is 0 Å². The number of nitrogens with one attached hydrogen (secondary N) is 1. The second-order valence-electron chi connectivity index (χ2n) is 6.40. The van der Waals surface area contributed by atoms with E-state index in [0.29, 0.717) is 0 Å². The largest absolute Gasteiger partial charge is 0.418 e. The van der Waals surface area contributed by atoms with Crippen LogP contribution in [0, 0.1) is 0 Å². The molecule has 4 nitrogen and oxygen atoms in total. The summed E-state index contributed by atoms with van der Waals surface area (Å²) >= 11 is 0. The monoisotopic (exact) mass is 444 g/mol. The van der Waals surface area contributed by atoms with Crippen LogP contribution in [-0.2, 0) is 21.9 Å². The van der Waals surface area contributed by atoms with Crippen molar-refractivity contribution in [3.05, 3.63) is 71.3 Å². The zero-order valence-corrected chi connectivity index (χ0v) is 16.2. The lowest BCUT2D eigenvalue weighted by Gasteiger charge is -2.19. The summed E-state index contributed by atoms with van der Waals surface area (Å²) in [5.41, 5.74) is -2.22. The van der Waals surface area contributed by atoms with Crippen molar-refractivity contribution in [2.45, 2.75) is 19.3 Å². The fraction of sp³-hybridized carbons (Fsp3) is 0.238. The molecule has 0 saturated carbocycles. The van der Waals surface area contributed by atoms with E-state index >= 15 is 0 Å². The van der Waals surface area contributed by atoms with E-state index in [9.17, 15) is 35.9 Å². The number of likely N-dealkylation sites (N-methyl/N-ethyl adjacent to an activating group) is 1. The van der Waals surface area contributed by atoms with E-state index in [4.69, 9.17) is 0 Å². The minimum atomic E-state index is -4.67. The van der Waals surface area contributed by atoms with Crippen LogP contribution in [0.5, 0.6) is 0 Å². The molecule has 1 N–H and O–H groups in total. The second-order valence-corrected chi connectivity index (χ2v) is 6.40. The number of carbonyl (C=O) groups excluding carboxylic acids is 2. The molecule has 0 atom stereocenters. The number of alkyl halides is 6. The van der Waals surface area contributed by atoms with Crippen molar-refractivity contribution in [3.63, 3.8) is 0 Å². The van der Waals surface area contributed by atoms with Gasteiger partial charge in [0.25, 0.3) is 0 Å². The molecule has 2 aromatic carbocycles. The number of para-hydroxylation sites is 1. The first-order valence-corrected chi connectivity index (χ1v) is 9.02. The van der Waals surface area contributed by atoms with Crippen LogP contribution in [0.1, 0.15) is 23.6 Å². The molecule has 0 aliphatic heterocycles. The Morgan fingerprint density at radius 3 is 2.26 bits per heavy atom. The molecule has 0 spiro atoms. The summed E-state index contributed by atoms with van der Waals surface area (Å²) in [5.74, 6) is -1.53. The van der Waals surface area contributed by atoms with Gasteiger partial charge in [0.1, 0.15) is 6.54 Å². The SMILES string of the molecule is CCN(CC(=O)Nc1ccccc1C(F)(F)F)C(=O)/C=C/c1cccc(C(F)(F)F)c1. The molecule has 0 saturated heterocycles. The molecule has 2 aromatic rings. The molecule has 31 heavy (non-hydrogen) atoms. The van der Waals surface area contributed by atoms with E-state index in [2.05, 4.69) is 5.32 Å². The Labute approximate surface area is 174 Å². The predicted octanol–water partition coefficient (Wildman–Crippen LogP) is 5.22. The van der Waals surface area contributed by atoms with Crippen molar-refractivity contribution in [3.8, 4) is 0 Å². The third kappa shape index (κ3) is 6.87. The zero-order valence-electron chi connectivity index (χ0n) is 16.2. The van der Waals surface area contributed by atoms with Gasteiger partial charge in [-0.3, -0.25) is 9.59 Å². The number of anilines is 1. The minimum absolute atomic E-state index is 0.0557. The number of hydrogen-bond donors (Lipinski definition) is 1. The highest BCUT2D eigenvalue weighted by Gasteiger charge is 2.33. The van der Waals surface area contributed by atoms with Gasteiger partial charge >= 0.3 is 12.4 Å². The number of nitrogens with zero attached hydrogens (tertiary/aromatic N) is 1. The quantitative estimate of drug-likeness (QED) is 0.490. The van der Waals surface area contributed by atoms with Crippen molar-refractivity contribution >= 4 is 23.6 Å². The van der Waals surface area contributed by atoms with Crippen LogP contribution in [-0.4, -0.2) is 29.8 Å². The highest BCUT2D eigenvalue weighted by atomic mass is 19.4. The Balaban J connectivity index is 2.07. The molecule has 0 fully saturated rings. The fourth-order valence-electron chi connectivity index (χ4n) is 2.64. The molecule has 0 aliphatic rings. The smallest absolute Gasteiger partial charge is 0.330 e. The lowest BCUT2D eigenvalue weighted by atomic mass is 10.1. The third-order valence-electron chi connectivity index (χ3n) is 4.17. The van der Waals surface area contributed by atoms with Gasteiger partial charge in [-0.15, -0.1) is 0 Å². The molecular weight excluding hydrogens is 426 g/mol. The van der Waals surface area contributed by atoms with Gasteiger partial charge < -0.3 is 10.2 Å². The number of amides is 2. The Hall–Kier alpha value is -3.30. The van der Waals surface area contributed by atoms with E-state index in [1.165, 1.54) is 24.3 Å². The number of benzene rings is 2. The number of halogens is 6. The highest BCUT2D eigenvalue weighted by Crippen LogP contribution is 2.34. The Bertz CT molecular complexity index is 967. The normalized spacial score (nSPS) is 12.1. The van der Waals surface area contributed by atoms with E-state index < -0.39 is 47.5 Å². The summed E-state index contributed by atoms with van der Waals surface area (Å²) < 4.78 is 77.4. The maximum Gasteiger partial charge on any atom is 0.418 e. The van der Waals surface area contributed by atoms with Gasteiger partial charge in [0, 0.05) is 12.6 Å². The van der Waals surface area contributed by atoms with Crippen LogP contribution in [0.3, 0.4) is 0 Å². The predicted molar refractivity (Wildman–Crippen MR) is 103 cm³/mol. The van der Waals surface area contributed by atoms with Crippen molar-refractivity contribution in [1.29, 1.82) is 0 Å². The minimum Gasteiger partial charge on any atom is -0.330 e. The molecule has 0 radical (unpaired) electrons. The topological polar surface area (TPSA) is 49.4 Å². The maximum atomic E-state index is 13.0. The molecular formula is C21H18F6N2O2. The summed E-state index contributed by atoms with van der Waals surface area (Å²) in [4.78, 5) is 25.5. The molecule has 0 aromatic heterocycles. The van der Waals surface area contributed by atoms with E-state index in [1.807, 2.05) is 0 Å². The average Bonchev–Trinajstić information content (AvgIpc) is 2.69. The van der Waals surface area contributed by atoms with Gasteiger partial charge in [0.05, 0.1) is 16.8 Å². The molecule has 166 valence electrons. The Kier molecular flexibility index (Phi) is 7.48. The number of hydrogen-bond acceptors (Lipinski definition) is 2. The Morgan fingerprint density at radius 1 is 0.968 bits per heavy atom. The lowest BCUT2D eigenvalue weighted by Crippen LogP contribution is -2.37. The van der Waals surface area contributed by atoms with E-state index in [1.54, 1.807) is 6.92 Å². The van der Waals surface area contributed by atoms with E-state index in [-0.39, 0.29) is 12.1 Å². The van der Waals surface area contributed by atoms with Gasteiger partial charge in [-0.1, -0.05) is 24.3 Å². The summed E-state index contributed by atoms with van der Waals surface area (Å²) in [7, 11) is 0. The number of carbonyl (C=O) groups is 2. The first-order valence-electron chi connectivity index (χ1n) is 9.02. The molecule has 0 aliphatic carbocycles. The summed E-state index contributed by atoms with van der Waals surface area (Å²) in [6.07, 6.45) is -7.04. The van der Waals surface area contributed by atoms with Crippen molar-refractivity contribution in [1.82, 2.24) is 4.90 Å². The van der Waals surface area contributed by atoms with Crippen molar-refractivity contribution in [2.24, 2.45) is 0 Å². The fourth-order valence-corrected chi connectivity index (χ4v) is 2.64. The molecule has 10 heteroatoms. The van der Waals surface area contributed by atoms with Crippen molar-refractivity contribution in [2.75, 3.05) is 18.4 Å². The van der Waals surface area contributed by atoms with E-state index in [0.717, 1.165) is 41.3 Å². The second kappa shape index (κ2) is 9.67. The van der Waals surface area contributed by atoms with Gasteiger partial charge in [-0.05, 0) is 42.8 Å². The highest BCUT2D eigenvalue weighted by molar-refractivity contribution is 5.98. The maximum absolute atomic E-state index is 13.0. The summed E-state index contributed by atoms with van der Waals surface area (Å²) in [6, 6.07) is 8.72. The molecule has 2 rings (SSSR count). The molecule has 0 bridgehead atoms. The van der Waals surface area contributed by atoms with Gasteiger partial charge in [0.2, 0.25) is 11.8 Å². The first kappa shape index (κ1) is 24.0. The molecule has 0 heterocycles. The van der Waals surface area contributed by atoms with Crippen molar-refractivity contribution < 1.29 is 35.9 Å². The average molecular weight is 444 g/mol. The van der Waals surface area contributed by atoms with Crippen LogP contribution in [0.4, 0.5) is 32.0 Å². The van der Waals surface area contributed by atoms with Gasteiger partial charge in [-0.25, -0.2) is 0 Å². The summed E-state index contributed by atoms with van der Waals surface area (Å²) in [5, 5.41) is 2.13. The molecule has 0 unspecified atom stereocenters. The van der Waals surface area contributed by atoms with Crippen LogP contribution >= 0.6 is 0 Å². The van der Waals surface area contributed by atoms with Crippen LogP contribution in [0.25, 0.3) is 6.08 Å². The van der Waals surface area contributed by atoms with Crippen LogP contribution < -0.4 is 5.32 Å². The van der Waals surface area contributed by atoms with Gasteiger partial charge in [-0.2, -0.15) is 26.3 Å². The Morgan fingerprint density at radius 2 is 1.65 bits per heavy atom. The number of rotatable bonds is 6. The first-order chi connectivity index (χ1) is 14.4.